The molecule has 0 radical (unpaired) electrons. The van der Waals surface area contributed by atoms with Crippen LogP contribution in [0.2, 0.25) is 0 Å². The Morgan fingerprint density at radius 1 is 1.05 bits per heavy atom. The Morgan fingerprint density at radius 2 is 1.82 bits per heavy atom. The number of hydrogen-bond acceptors (Lipinski definition) is 3. The first kappa shape index (κ1) is 15.9. The predicted octanol–water partition coefficient (Wildman–Crippen LogP) is 3.45. The molecular formula is C18H21NO3. The molecule has 0 saturated heterocycles. The molecule has 0 fully saturated rings. The molecule has 116 valence electrons. The van der Waals surface area contributed by atoms with Crippen LogP contribution in [0.3, 0.4) is 0 Å². The van der Waals surface area contributed by atoms with Gasteiger partial charge in [-0.2, -0.15) is 0 Å². The number of nitrogens with one attached hydrogen (secondary N) is 1. The van der Waals surface area contributed by atoms with Gasteiger partial charge in [-0.1, -0.05) is 25.1 Å². The Balaban J connectivity index is 2.15. The highest BCUT2D eigenvalue weighted by molar-refractivity contribution is 5.93. The van der Waals surface area contributed by atoms with Crippen molar-refractivity contribution >= 4 is 11.6 Å². The molecule has 1 amide bonds. The molecule has 0 spiro atoms. The molecule has 2 aromatic carbocycles. The van der Waals surface area contributed by atoms with Crippen LogP contribution in [-0.2, 0) is 17.6 Å². The van der Waals surface area contributed by atoms with Crippen LogP contribution in [0.25, 0.3) is 0 Å². The first-order valence-corrected chi connectivity index (χ1v) is 7.26. The quantitative estimate of drug-likeness (QED) is 0.888. The van der Waals surface area contributed by atoms with Crippen molar-refractivity contribution in [2.24, 2.45) is 0 Å². The summed E-state index contributed by atoms with van der Waals surface area (Å²) in [5, 5.41) is 2.96. The molecule has 2 aromatic rings. The first-order valence-electron chi connectivity index (χ1n) is 7.26. The van der Waals surface area contributed by atoms with E-state index in [9.17, 15) is 4.79 Å². The molecule has 0 saturated carbocycles. The molecule has 1 N–H and O–H groups in total. The molecule has 0 unspecified atom stereocenters. The van der Waals surface area contributed by atoms with Gasteiger partial charge < -0.3 is 14.8 Å². The van der Waals surface area contributed by atoms with Crippen LogP contribution in [0.15, 0.2) is 42.5 Å². The number of ether oxygens (including phenoxy) is 2. The fourth-order valence-corrected chi connectivity index (χ4v) is 2.34. The van der Waals surface area contributed by atoms with E-state index in [2.05, 4.69) is 12.2 Å². The highest BCUT2D eigenvalue weighted by Gasteiger charge is 2.11. The maximum Gasteiger partial charge on any atom is 0.228 e. The second-order valence-corrected chi connectivity index (χ2v) is 4.91. The lowest BCUT2D eigenvalue weighted by Crippen LogP contribution is -2.16. The van der Waals surface area contributed by atoms with Crippen molar-refractivity contribution < 1.29 is 14.3 Å². The third kappa shape index (κ3) is 3.79. The van der Waals surface area contributed by atoms with Gasteiger partial charge in [0, 0.05) is 11.3 Å². The van der Waals surface area contributed by atoms with E-state index in [0.29, 0.717) is 11.5 Å². The Labute approximate surface area is 131 Å². The lowest BCUT2D eigenvalue weighted by Gasteiger charge is -2.12. The van der Waals surface area contributed by atoms with Gasteiger partial charge in [-0.3, -0.25) is 4.79 Å². The van der Waals surface area contributed by atoms with E-state index < -0.39 is 0 Å². The number of anilines is 1. The van der Waals surface area contributed by atoms with Gasteiger partial charge in [-0.25, -0.2) is 0 Å². The smallest absolute Gasteiger partial charge is 0.228 e. The Morgan fingerprint density at radius 3 is 2.50 bits per heavy atom. The third-order valence-corrected chi connectivity index (χ3v) is 3.51. The van der Waals surface area contributed by atoms with E-state index in [0.717, 1.165) is 23.2 Å². The van der Waals surface area contributed by atoms with Crippen LogP contribution < -0.4 is 14.8 Å². The average Bonchev–Trinajstić information content (AvgIpc) is 2.55. The summed E-state index contributed by atoms with van der Waals surface area (Å²) in [5.41, 5.74) is 2.78. The second kappa shape index (κ2) is 7.50. The highest BCUT2D eigenvalue weighted by atomic mass is 16.5. The Kier molecular flexibility index (Phi) is 5.42. The van der Waals surface area contributed by atoms with E-state index in [1.165, 1.54) is 0 Å². The SMILES string of the molecule is CCc1ccccc1NC(=O)Cc1cc(OC)ccc1OC. The highest BCUT2D eigenvalue weighted by Crippen LogP contribution is 2.25. The molecule has 4 nitrogen and oxygen atoms in total. The molecule has 0 aliphatic carbocycles. The zero-order valence-corrected chi connectivity index (χ0v) is 13.2. The molecule has 0 heterocycles. The van der Waals surface area contributed by atoms with Crippen molar-refractivity contribution in [1.29, 1.82) is 0 Å². The third-order valence-electron chi connectivity index (χ3n) is 3.51. The van der Waals surface area contributed by atoms with Gasteiger partial charge in [0.2, 0.25) is 5.91 Å². The van der Waals surface area contributed by atoms with Gasteiger partial charge in [-0.15, -0.1) is 0 Å². The van der Waals surface area contributed by atoms with Crippen molar-refractivity contribution in [3.8, 4) is 11.5 Å². The van der Waals surface area contributed by atoms with Crippen molar-refractivity contribution in [1.82, 2.24) is 0 Å². The number of carbonyl (C=O) groups excluding carboxylic acids is 1. The van der Waals surface area contributed by atoms with Gasteiger partial charge in [0.05, 0.1) is 20.6 Å². The normalized spacial score (nSPS) is 10.1. The van der Waals surface area contributed by atoms with Crippen molar-refractivity contribution in [2.45, 2.75) is 19.8 Å². The maximum absolute atomic E-state index is 12.3. The van der Waals surface area contributed by atoms with E-state index in [1.54, 1.807) is 20.3 Å². The summed E-state index contributed by atoms with van der Waals surface area (Å²) in [7, 11) is 3.19. The van der Waals surface area contributed by atoms with Crippen LogP contribution in [0, 0.1) is 0 Å². The lowest BCUT2D eigenvalue weighted by molar-refractivity contribution is -0.115. The second-order valence-electron chi connectivity index (χ2n) is 4.91. The number of amides is 1. The van der Waals surface area contributed by atoms with E-state index >= 15 is 0 Å². The number of para-hydroxylation sites is 1. The fraction of sp³-hybridized carbons (Fsp3) is 0.278. The number of carbonyl (C=O) groups is 1. The van der Waals surface area contributed by atoms with Gasteiger partial charge in [0.25, 0.3) is 0 Å². The number of rotatable bonds is 6. The molecule has 0 atom stereocenters. The summed E-state index contributed by atoms with van der Waals surface area (Å²) >= 11 is 0. The zero-order chi connectivity index (χ0) is 15.9. The number of benzene rings is 2. The molecule has 22 heavy (non-hydrogen) atoms. The fourth-order valence-electron chi connectivity index (χ4n) is 2.34. The van der Waals surface area contributed by atoms with Crippen LogP contribution in [0.5, 0.6) is 11.5 Å². The number of hydrogen-bond donors (Lipinski definition) is 1. The largest absolute Gasteiger partial charge is 0.497 e. The molecular weight excluding hydrogens is 278 g/mol. The van der Waals surface area contributed by atoms with Crippen molar-refractivity contribution in [3.63, 3.8) is 0 Å². The number of methoxy groups -OCH3 is 2. The molecule has 0 bridgehead atoms. The maximum atomic E-state index is 12.3. The van der Waals surface area contributed by atoms with E-state index in [1.807, 2.05) is 36.4 Å². The van der Waals surface area contributed by atoms with Crippen molar-refractivity contribution in [2.75, 3.05) is 19.5 Å². The van der Waals surface area contributed by atoms with Crippen molar-refractivity contribution in [3.05, 3.63) is 53.6 Å². The van der Waals surface area contributed by atoms with Gasteiger partial charge in [0.15, 0.2) is 0 Å². The molecule has 0 aromatic heterocycles. The van der Waals surface area contributed by atoms with Gasteiger partial charge >= 0.3 is 0 Å². The topological polar surface area (TPSA) is 47.6 Å². The zero-order valence-electron chi connectivity index (χ0n) is 13.2. The molecule has 4 heteroatoms. The first-order chi connectivity index (χ1) is 10.7. The Bertz CT molecular complexity index is 653. The summed E-state index contributed by atoms with van der Waals surface area (Å²) in [6.07, 6.45) is 1.11. The minimum Gasteiger partial charge on any atom is -0.497 e. The minimum absolute atomic E-state index is 0.0764. The van der Waals surface area contributed by atoms with E-state index in [4.69, 9.17) is 9.47 Å². The number of aryl methyl sites for hydroxylation is 1. The monoisotopic (exact) mass is 299 g/mol. The summed E-state index contributed by atoms with van der Waals surface area (Å²) in [6.45, 7) is 2.07. The van der Waals surface area contributed by atoms with Crippen LogP contribution in [0.1, 0.15) is 18.1 Å². The average molecular weight is 299 g/mol. The van der Waals surface area contributed by atoms with Gasteiger partial charge in [0.1, 0.15) is 11.5 Å². The summed E-state index contributed by atoms with van der Waals surface area (Å²) in [5.74, 6) is 1.31. The lowest BCUT2D eigenvalue weighted by atomic mass is 10.1. The molecule has 2 rings (SSSR count). The van der Waals surface area contributed by atoms with Gasteiger partial charge in [-0.05, 0) is 36.2 Å². The summed E-state index contributed by atoms with van der Waals surface area (Å²) in [6, 6.07) is 13.3. The standard InChI is InChI=1S/C18H21NO3/c1-4-13-7-5-6-8-16(13)19-18(20)12-14-11-15(21-2)9-10-17(14)22-3/h5-11H,4,12H2,1-3H3,(H,19,20). The Hall–Kier alpha value is -2.49. The van der Waals surface area contributed by atoms with Crippen LogP contribution >= 0.6 is 0 Å². The van der Waals surface area contributed by atoms with E-state index in [-0.39, 0.29) is 12.3 Å². The van der Waals surface area contributed by atoms with Crippen LogP contribution in [0.4, 0.5) is 5.69 Å². The minimum atomic E-state index is -0.0764. The summed E-state index contributed by atoms with van der Waals surface area (Å²) < 4.78 is 10.5. The molecule has 0 aliphatic rings. The molecule has 0 aliphatic heterocycles. The van der Waals surface area contributed by atoms with Crippen LogP contribution in [-0.4, -0.2) is 20.1 Å². The predicted molar refractivity (Wildman–Crippen MR) is 87.7 cm³/mol. The summed E-state index contributed by atoms with van der Waals surface area (Å²) in [4.78, 5) is 12.3.